The summed E-state index contributed by atoms with van der Waals surface area (Å²) >= 11 is 1.69. The second kappa shape index (κ2) is 6.77. The monoisotopic (exact) mass is 357 g/mol. The van der Waals surface area contributed by atoms with Crippen molar-refractivity contribution < 1.29 is 9.53 Å². The van der Waals surface area contributed by atoms with Gasteiger partial charge in [-0.15, -0.1) is 11.3 Å². The van der Waals surface area contributed by atoms with Gasteiger partial charge in [0.05, 0.1) is 11.8 Å². The molecule has 1 atom stereocenters. The van der Waals surface area contributed by atoms with E-state index in [0.29, 0.717) is 6.10 Å². The lowest BCUT2D eigenvalue weighted by molar-refractivity contribution is -0.116. The minimum Gasteiger partial charge on any atom is -0.376 e. The Bertz CT molecular complexity index is 796. The van der Waals surface area contributed by atoms with Crippen molar-refractivity contribution in [3.8, 4) is 11.3 Å². The van der Waals surface area contributed by atoms with Crippen LogP contribution in [0.1, 0.15) is 30.2 Å². The molecule has 0 bridgehead atoms. The van der Waals surface area contributed by atoms with E-state index in [0.717, 1.165) is 61.0 Å². The second-order valence-corrected chi connectivity index (χ2v) is 7.91. The zero-order valence-corrected chi connectivity index (χ0v) is 15.5. The van der Waals surface area contributed by atoms with Crippen LogP contribution in [-0.4, -0.2) is 36.7 Å². The molecule has 6 heteroatoms. The molecule has 1 amide bonds. The van der Waals surface area contributed by atoms with Crippen molar-refractivity contribution >= 4 is 28.1 Å². The highest BCUT2D eigenvalue weighted by Gasteiger charge is 2.23. The minimum absolute atomic E-state index is 0.108. The van der Waals surface area contributed by atoms with Gasteiger partial charge in [0.15, 0.2) is 5.13 Å². The minimum atomic E-state index is 0.108. The van der Waals surface area contributed by atoms with Gasteiger partial charge in [-0.1, -0.05) is 6.07 Å². The Balaban J connectivity index is 1.53. The summed E-state index contributed by atoms with van der Waals surface area (Å²) in [5.41, 5.74) is 4.43. The van der Waals surface area contributed by atoms with E-state index in [1.54, 1.807) is 18.3 Å². The van der Waals surface area contributed by atoms with Gasteiger partial charge >= 0.3 is 0 Å². The smallest absolute Gasteiger partial charge is 0.223 e. The molecule has 25 heavy (non-hydrogen) atoms. The van der Waals surface area contributed by atoms with Crippen LogP contribution in [0, 0.1) is 6.92 Å². The summed E-state index contributed by atoms with van der Waals surface area (Å²) in [6, 6.07) is 6.31. The molecule has 5 nitrogen and oxygen atoms in total. The predicted molar refractivity (Wildman–Crippen MR) is 101 cm³/mol. The molecule has 1 saturated heterocycles. The SMILES string of the molecule is CC(=O)N1CCc2cc(-c3nc(NC[C@@H]4CCCO4)sc3C)ccc21. The number of nitrogens with zero attached hydrogens (tertiary/aromatic N) is 2. The molecule has 132 valence electrons. The Kier molecular flexibility index (Phi) is 4.48. The van der Waals surface area contributed by atoms with Crippen molar-refractivity contribution in [2.45, 2.75) is 39.2 Å². The third-order valence-corrected chi connectivity index (χ3v) is 5.86. The van der Waals surface area contributed by atoms with Crippen molar-refractivity contribution in [1.29, 1.82) is 0 Å². The first-order chi connectivity index (χ1) is 12.1. The van der Waals surface area contributed by atoms with Crippen molar-refractivity contribution in [3.05, 3.63) is 28.6 Å². The molecule has 0 unspecified atom stereocenters. The summed E-state index contributed by atoms with van der Waals surface area (Å²) in [6.07, 6.45) is 3.50. The molecule has 2 aromatic rings. The Morgan fingerprint density at radius 1 is 1.48 bits per heavy atom. The summed E-state index contributed by atoms with van der Waals surface area (Å²) in [5.74, 6) is 0.108. The van der Waals surface area contributed by atoms with Crippen LogP contribution in [0.2, 0.25) is 0 Å². The van der Waals surface area contributed by atoms with Crippen LogP contribution in [0.5, 0.6) is 0 Å². The standard InChI is InChI=1S/C19H23N3O2S/c1-12-18(21-19(25-12)20-11-16-4-3-9-24-16)15-5-6-17-14(10-15)7-8-22(17)13(2)23/h5-6,10,16H,3-4,7-9,11H2,1-2H3,(H,20,21)/t16-/m0/s1. The van der Waals surface area contributed by atoms with E-state index in [4.69, 9.17) is 9.72 Å². The van der Waals surface area contributed by atoms with Gasteiger partial charge < -0.3 is 15.0 Å². The molecule has 2 aliphatic heterocycles. The Labute approximate surface area is 152 Å². The molecule has 1 N–H and O–H groups in total. The second-order valence-electron chi connectivity index (χ2n) is 6.70. The highest BCUT2D eigenvalue weighted by Crippen LogP contribution is 2.35. The average molecular weight is 357 g/mol. The number of carbonyl (C=O) groups excluding carboxylic acids is 1. The van der Waals surface area contributed by atoms with Gasteiger partial charge in [-0.05, 0) is 43.9 Å². The maximum atomic E-state index is 11.7. The molecule has 0 spiro atoms. The molecule has 1 fully saturated rings. The Morgan fingerprint density at radius 3 is 3.12 bits per heavy atom. The average Bonchev–Trinajstić information content (AvgIpc) is 3.31. The molecular formula is C19H23N3O2S. The van der Waals surface area contributed by atoms with Crippen LogP contribution in [0.25, 0.3) is 11.3 Å². The number of hydrogen-bond donors (Lipinski definition) is 1. The third kappa shape index (κ3) is 3.28. The molecule has 4 rings (SSSR count). The van der Waals surface area contributed by atoms with E-state index in [-0.39, 0.29) is 5.91 Å². The largest absolute Gasteiger partial charge is 0.376 e. The number of anilines is 2. The van der Waals surface area contributed by atoms with E-state index in [9.17, 15) is 4.79 Å². The Morgan fingerprint density at radius 2 is 2.36 bits per heavy atom. The number of nitrogens with one attached hydrogen (secondary N) is 1. The third-order valence-electron chi connectivity index (χ3n) is 4.93. The molecule has 0 radical (unpaired) electrons. The first-order valence-corrected chi connectivity index (χ1v) is 9.68. The molecule has 0 aliphatic carbocycles. The number of aryl methyl sites for hydroxylation is 1. The van der Waals surface area contributed by atoms with Gasteiger partial charge in [0, 0.05) is 42.7 Å². The predicted octanol–water partition coefficient (Wildman–Crippen LogP) is 3.62. The van der Waals surface area contributed by atoms with E-state index in [1.165, 1.54) is 10.4 Å². The van der Waals surface area contributed by atoms with Crippen molar-refractivity contribution in [3.63, 3.8) is 0 Å². The van der Waals surface area contributed by atoms with Gasteiger partial charge in [0.25, 0.3) is 0 Å². The van der Waals surface area contributed by atoms with E-state index < -0.39 is 0 Å². The highest BCUT2D eigenvalue weighted by molar-refractivity contribution is 7.16. The lowest BCUT2D eigenvalue weighted by atomic mass is 10.1. The number of carbonyl (C=O) groups is 1. The zero-order valence-electron chi connectivity index (χ0n) is 14.7. The number of benzene rings is 1. The molecule has 2 aliphatic rings. The van der Waals surface area contributed by atoms with E-state index >= 15 is 0 Å². The van der Waals surface area contributed by atoms with Gasteiger partial charge in [-0.25, -0.2) is 4.98 Å². The maximum absolute atomic E-state index is 11.7. The highest BCUT2D eigenvalue weighted by atomic mass is 32.1. The van der Waals surface area contributed by atoms with Crippen molar-refractivity contribution in [2.24, 2.45) is 0 Å². The molecule has 1 aromatic carbocycles. The molecule has 3 heterocycles. The summed E-state index contributed by atoms with van der Waals surface area (Å²) < 4.78 is 5.66. The topological polar surface area (TPSA) is 54.5 Å². The number of fused-ring (bicyclic) bond motifs is 1. The lowest BCUT2D eigenvalue weighted by Crippen LogP contribution is -2.25. The van der Waals surface area contributed by atoms with E-state index in [1.807, 2.05) is 4.90 Å². The first-order valence-electron chi connectivity index (χ1n) is 8.86. The zero-order chi connectivity index (χ0) is 17.4. The maximum Gasteiger partial charge on any atom is 0.223 e. The van der Waals surface area contributed by atoms with Gasteiger partial charge in [0.1, 0.15) is 0 Å². The van der Waals surface area contributed by atoms with Crippen LogP contribution in [0.15, 0.2) is 18.2 Å². The summed E-state index contributed by atoms with van der Waals surface area (Å²) in [6.45, 7) is 6.21. The number of hydrogen-bond acceptors (Lipinski definition) is 5. The summed E-state index contributed by atoms with van der Waals surface area (Å²) in [5, 5.41) is 4.37. The number of aromatic nitrogens is 1. The fourth-order valence-electron chi connectivity index (χ4n) is 3.62. The van der Waals surface area contributed by atoms with Crippen molar-refractivity contribution in [2.75, 3.05) is 29.9 Å². The number of rotatable bonds is 4. The normalized spacial score (nSPS) is 19.3. The van der Waals surface area contributed by atoms with Crippen molar-refractivity contribution in [1.82, 2.24) is 4.98 Å². The summed E-state index contributed by atoms with van der Waals surface area (Å²) in [4.78, 5) is 19.5. The van der Waals surface area contributed by atoms with Crippen LogP contribution < -0.4 is 10.2 Å². The van der Waals surface area contributed by atoms with Crippen LogP contribution >= 0.6 is 11.3 Å². The van der Waals surface area contributed by atoms with Crippen LogP contribution in [-0.2, 0) is 16.0 Å². The van der Waals surface area contributed by atoms with Crippen LogP contribution in [0.4, 0.5) is 10.8 Å². The number of amides is 1. The first kappa shape index (κ1) is 16.5. The number of ether oxygens (including phenoxy) is 1. The quantitative estimate of drug-likeness (QED) is 0.908. The number of thiazole rings is 1. The van der Waals surface area contributed by atoms with E-state index in [2.05, 4.69) is 30.4 Å². The summed E-state index contributed by atoms with van der Waals surface area (Å²) in [7, 11) is 0. The molecule has 1 aromatic heterocycles. The van der Waals surface area contributed by atoms with Gasteiger partial charge in [-0.2, -0.15) is 0 Å². The fraction of sp³-hybridized carbons (Fsp3) is 0.474. The van der Waals surface area contributed by atoms with Gasteiger partial charge in [0.2, 0.25) is 5.91 Å². The van der Waals surface area contributed by atoms with Gasteiger partial charge in [-0.3, -0.25) is 4.79 Å². The Hall–Kier alpha value is -1.92. The molecular weight excluding hydrogens is 334 g/mol. The molecule has 0 saturated carbocycles. The van der Waals surface area contributed by atoms with Crippen LogP contribution in [0.3, 0.4) is 0 Å². The lowest BCUT2D eigenvalue weighted by Gasteiger charge is -2.14. The fourth-order valence-corrected chi connectivity index (χ4v) is 4.47.